The molecule has 1 fully saturated rings. The van der Waals surface area contributed by atoms with Crippen molar-refractivity contribution in [2.24, 2.45) is 0 Å². The Morgan fingerprint density at radius 1 is 1.29 bits per heavy atom. The molecular weight excluding hydrogens is 351 g/mol. The number of ether oxygens (including phenoxy) is 2. The molecule has 0 N–H and O–H groups in total. The third kappa shape index (κ3) is 4.11. The molecule has 1 aromatic rings. The van der Waals surface area contributed by atoms with Gasteiger partial charge in [0, 0.05) is 16.5 Å². The van der Waals surface area contributed by atoms with Crippen LogP contribution >= 0.6 is 23.2 Å². The average Bonchev–Trinajstić information content (AvgIpc) is 2.52. The molecule has 6 heteroatoms. The second-order valence-electron chi connectivity index (χ2n) is 5.74. The van der Waals surface area contributed by atoms with Gasteiger partial charge < -0.3 is 9.47 Å². The van der Waals surface area contributed by atoms with E-state index in [9.17, 15) is 9.59 Å². The lowest BCUT2D eigenvalue weighted by molar-refractivity contribution is -0.179. The maximum absolute atomic E-state index is 12.4. The quantitative estimate of drug-likeness (QED) is 0.565. The summed E-state index contributed by atoms with van der Waals surface area (Å²) in [6, 6.07) is 4.88. The highest BCUT2D eigenvalue weighted by atomic mass is 35.5. The van der Waals surface area contributed by atoms with Gasteiger partial charge in [-0.3, -0.25) is 4.79 Å². The van der Waals surface area contributed by atoms with E-state index in [0.29, 0.717) is 34.0 Å². The molecule has 1 saturated carbocycles. The van der Waals surface area contributed by atoms with Gasteiger partial charge in [0.05, 0.1) is 13.0 Å². The number of benzene rings is 1. The second kappa shape index (κ2) is 8.04. The van der Waals surface area contributed by atoms with E-state index in [-0.39, 0.29) is 13.0 Å². The highest BCUT2D eigenvalue weighted by Crippen LogP contribution is 2.37. The van der Waals surface area contributed by atoms with Gasteiger partial charge in [0.15, 0.2) is 0 Å². The van der Waals surface area contributed by atoms with Gasteiger partial charge in [0.2, 0.25) is 5.60 Å². The van der Waals surface area contributed by atoms with E-state index in [2.05, 4.69) is 6.58 Å². The summed E-state index contributed by atoms with van der Waals surface area (Å²) >= 11 is 11.9. The van der Waals surface area contributed by atoms with E-state index >= 15 is 0 Å². The Bertz CT molecular complexity index is 656. The predicted octanol–water partition coefficient (Wildman–Crippen LogP) is 4.51. The summed E-state index contributed by atoms with van der Waals surface area (Å²) in [6.45, 7) is 5.87. The van der Waals surface area contributed by atoms with Gasteiger partial charge in [-0.15, -0.1) is 0 Å². The van der Waals surface area contributed by atoms with E-state index in [1.54, 1.807) is 25.1 Å². The third-order valence-electron chi connectivity index (χ3n) is 4.07. The molecule has 0 bridgehead atoms. The lowest BCUT2D eigenvalue weighted by Gasteiger charge is -2.36. The van der Waals surface area contributed by atoms with Crippen molar-refractivity contribution in [3.8, 4) is 0 Å². The number of carbonyl (C=O) groups is 2. The molecule has 1 aliphatic rings. The van der Waals surface area contributed by atoms with Crippen LogP contribution in [0.25, 0.3) is 0 Å². The fourth-order valence-electron chi connectivity index (χ4n) is 2.80. The zero-order valence-corrected chi connectivity index (χ0v) is 15.1. The van der Waals surface area contributed by atoms with Gasteiger partial charge >= 0.3 is 11.9 Å². The van der Waals surface area contributed by atoms with Crippen LogP contribution in [0.1, 0.15) is 38.2 Å². The SMILES string of the molecule is C=C1CCCCC1(OC(=O)Cc1ccc(Cl)cc1Cl)C(=O)OCC. The lowest BCUT2D eigenvalue weighted by Crippen LogP contribution is -2.48. The third-order valence-corrected chi connectivity index (χ3v) is 4.66. The number of hydrogen-bond donors (Lipinski definition) is 0. The van der Waals surface area contributed by atoms with Crippen molar-refractivity contribution in [1.82, 2.24) is 0 Å². The van der Waals surface area contributed by atoms with Crippen molar-refractivity contribution in [1.29, 1.82) is 0 Å². The number of rotatable bonds is 5. The molecule has 0 amide bonds. The predicted molar refractivity (Wildman–Crippen MR) is 93.2 cm³/mol. The van der Waals surface area contributed by atoms with E-state index < -0.39 is 17.5 Å². The topological polar surface area (TPSA) is 52.6 Å². The van der Waals surface area contributed by atoms with Crippen molar-refractivity contribution < 1.29 is 19.1 Å². The van der Waals surface area contributed by atoms with Gasteiger partial charge in [0.25, 0.3) is 0 Å². The summed E-state index contributed by atoms with van der Waals surface area (Å²) in [5.41, 5.74) is -0.209. The highest BCUT2D eigenvalue weighted by molar-refractivity contribution is 6.35. The molecule has 0 radical (unpaired) electrons. The van der Waals surface area contributed by atoms with Crippen LogP contribution in [0.4, 0.5) is 0 Å². The smallest absolute Gasteiger partial charge is 0.355 e. The summed E-state index contributed by atoms with van der Waals surface area (Å²) in [7, 11) is 0. The van der Waals surface area contributed by atoms with Crippen molar-refractivity contribution in [3.63, 3.8) is 0 Å². The molecule has 0 spiro atoms. The van der Waals surface area contributed by atoms with Crippen LogP contribution in [-0.2, 0) is 25.5 Å². The minimum absolute atomic E-state index is 0.0512. The first-order valence-electron chi connectivity index (χ1n) is 7.90. The minimum atomic E-state index is -1.38. The van der Waals surface area contributed by atoms with E-state index in [0.717, 1.165) is 12.8 Å². The molecule has 24 heavy (non-hydrogen) atoms. The first-order valence-corrected chi connectivity index (χ1v) is 8.66. The monoisotopic (exact) mass is 370 g/mol. The standard InChI is InChI=1S/C18H20Cl2O4/c1-3-23-17(22)18(9-5-4-6-12(18)2)24-16(21)10-13-7-8-14(19)11-15(13)20/h7-8,11H,2-6,9-10H2,1H3. The van der Waals surface area contributed by atoms with Crippen LogP contribution in [-0.4, -0.2) is 24.1 Å². The maximum Gasteiger partial charge on any atom is 0.355 e. The van der Waals surface area contributed by atoms with Crippen LogP contribution in [0, 0.1) is 0 Å². The minimum Gasteiger partial charge on any atom is -0.463 e. The fraction of sp³-hybridized carbons (Fsp3) is 0.444. The molecule has 0 heterocycles. The Kier molecular flexibility index (Phi) is 6.30. The summed E-state index contributed by atoms with van der Waals surface area (Å²) in [5, 5.41) is 0.868. The van der Waals surface area contributed by atoms with Crippen molar-refractivity contribution in [3.05, 3.63) is 46.0 Å². The Morgan fingerprint density at radius 2 is 2.04 bits per heavy atom. The highest BCUT2D eigenvalue weighted by Gasteiger charge is 2.47. The van der Waals surface area contributed by atoms with Crippen molar-refractivity contribution in [2.45, 2.75) is 44.6 Å². The summed E-state index contributed by atoms with van der Waals surface area (Å²) in [4.78, 5) is 24.8. The van der Waals surface area contributed by atoms with E-state index in [1.807, 2.05) is 0 Å². The molecule has 1 unspecified atom stereocenters. The largest absolute Gasteiger partial charge is 0.463 e. The van der Waals surface area contributed by atoms with Crippen LogP contribution < -0.4 is 0 Å². The maximum atomic E-state index is 12.4. The molecule has 0 aliphatic heterocycles. The van der Waals surface area contributed by atoms with Crippen LogP contribution in [0.5, 0.6) is 0 Å². The Balaban J connectivity index is 2.18. The number of hydrogen-bond acceptors (Lipinski definition) is 4. The summed E-state index contributed by atoms with van der Waals surface area (Å²) in [6.07, 6.45) is 2.66. The molecule has 0 aromatic heterocycles. The lowest BCUT2D eigenvalue weighted by atomic mass is 9.80. The van der Waals surface area contributed by atoms with E-state index in [1.165, 1.54) is 0 Å². The van der Waals surface area contributed by atoms with E-state index in [4.69, 9.17) is 32.7 Å². The Labute approximate surface area is 151 Å². The zero-order valence-electron chi connectivity index (χ0n) is 13.6. The van der Waals surface area contributed by atoms with Gasteiger partial charge in [-0.2, -0.15) is 0 Å². The first-order chi connectivity index (χ1) is 11.4. The fourth-order valence-corrected chi connectivity index (χ4v) is 3.28. The molecule has 4 nitrogen and oxygen atoms in total. The summed E-state index contributed by atoms with van der Waals surface area (Å²) < 4.78 is 10.7. The van der Waals surface area contributed by atoms with Crippen LogP contribution in [0.2, 0.25) is 10.0 Å². The van der Waals surface area contributed by atoms with Gasteiger partial charge in [-0.25, -0.2) is 4.79 Å². The number of esters is 2. The summed E-state index contributed by atoms with van der Waals surface area (Å²) in [5.74, 6) is -1.10. The molecule has 1 aromatic carbocycles. The normalized spacial score (nSPS) is 20.5. The second-order valence-corrected chi connectivity index (χ2v) is 6.59. The molecular formula is C18H20Cl2O4. The van der Waals surface area contributed by atoms with Gasteiger partial charge in [-0.05, 0) is 49.5 Å². The zero-order chi connectivity index (χ0) is 17.7. The van der Waals surface area contributed by atoms with Gasteiger partial charge in [0.1, 0.15) is 0 Å². The number of carbonyl (C=O) groups excluding carboxylic acids is 2. The molecule has 0 saturated heterocycles. The Hall–Kier alpha value is -1.52. The van der Waals surface area contributed by atoms with Crippen LogP contribution in [0.3, 0.4) is 0 Å². The first kappa shape index (κ1) is 18.8. The van der Waals surface area contributed by atoms with Crippen molar-refractivity contribution in [2.75, 3.05) is 6.61 Å². The molecule has 1 atom stereocenters. The van der Waals surface area contributed by atoms with Gasteiger partial charge in [-0.1, -0.05) is 35.8 Å². The number of halogens is 2. The van der Waals surface area contributed by atoms with Crippen LogP contribution in [0.15, 0.2) is 30.4 Å². The molecule has 130 valence electrons. The van der Waals surface area contributed by atoms with Crippen molar-refractivity contribution >= 4 is 35.1 Å². The molecule has 2 rings (SSSR count). The average molecular weight is 371 g/mol. The molecule has 1 aliphatic carbocycles. The Morgan fingerprint density at radius 3 is 2.67 bits per heavy atom.